The average Bonchev–Trinajstić information content (AvgIpc) is 2.27. The van der Waals surface area contributed by atoms with Crippen LogP contribution in [0.4, 0.5) is 0 Å². The molecule has 1 aromatic carbocycles. The van der Waals surface area contributed by atoms with Crippen LogP contribution in [0.15, 0.2) is 18.2 Å². The number of carbonyl (C=O) groups is 2. The third-order valence-corrected chi connectivity index (χ3v) is 2.65. The highest BCUT2D eigenvalue weighted by Gasteiger charge is 2.20. The van der Waals surface area contributed by atoms with Crippen molar-refractivity contribution >= 4 is 11.9 Å². The van der Waals surface area contributed by atoms with Crippen molar-refractivity contribution in [3.8, 4) is 0 Å². The van der Waals surface area contributed by atoms with Crippen molar-refractivity contribution in [3.05, 3.63) is 34.9 Å². The molecule has 0 aromatic heterocycles. The quantitative estimate of drug-likeness (QED) is 0.724. The zero-order chi connectivity index (χ0) is 13.7. The Morgan fingerprint density at radius 2 is 2.00 bits per heavy atom. The largest absolute Gasteiger partial charge is 0.480 e. The first-order valence-electron chi connectivity index (χ1n) is 5.67. The highest BCUT2D eigenvalue weighted by molar-refractivity contribution is 5.97. The standard InChI is InChI=1S/C13H17NO4/c1-8-3-4-10(9(2)7-8)12(16)14-11(5-6-15)13(17)18/h3-4,7,11,15H,5-6H2,1-2H3,(H,14,16)(H,17,18). The van der Waals surface area contributed by atoms with E-state index in [1.165, 1.54) is 0 Å². The van der Waals surface area contributed by atoms with Crippen molar-refractivity contribution in [3.63, 3.8) is 0 Å². The molecule has 0 aliphatic heterocycles. The minimum Gasteiger partial charge on any atom is -0.480 e. The highest BCUT2D eigenvalue weighted by Crippen LogP contribution is 2.10. The van der Waals surface area contributed by atoms with Gasteiger partial charge in [0.25, 0.3) is 5.91 Å². The lowest BCUT2D eigenvalue weighted by Gasteiger charge is -2.14. The van der Waals surface area contributed by atoms with Gasteiger partial charge in [-0.3, -0.25) is 4.79 Å². The number of benzene rings is 1. The Morgan fingerprint density at radius 3 is 2.50 bits per heavy atom. The summed E-state index contributed by atoms with van der Waals surface area (Å²) in [5, 5.41) is 20.0. The van der Waals surface area contributed by atoms with Crippen LogP contribution < -0.4 is 5.32 Å². The Bertz CT molecular complexity index is 456. The number of aliphatic hydroxyl groups is 1. The summed E-state index contributed by atoms with van der Waals surface area (Å²) < 4.78 is 0. The van der Waals surface area contributed by atoms with Crippen LogP contribution in [0.5, 0.6) is 0 Å². The van der Waals surface area contributed by atoms with Gasteiger partial charge in [-0.05, 0) is 25.5 Å². The zero-order valence-corrected chi connectivity index (χ0v) is 10.4. The molecular formula is C13H17NO4. The van der Waals surface area contributed by atoms with Crippen molar-refractivity contribution in [1.82, 2.24) is 5.32 Å². The normalized spacial score (nSPS) is 11.9. The van der Waals surface area contributed by atoms with E-state index >= 15 is 0 Å². The van der Waals surface area contributed by atoms with E-state index < -0.39 is 17.9 Å². The van der Waals surface area contributed by atoms with E-state index in [2.05, 4.69) is 5.32 Å². The number of rotatable bonds is 5. The second kappa shape index (κ2) is 6.16. The van der Waals surface area contributed by atoms with E-state index in [0.717, 1.165) is 11.1 Å². The van der Waals surface area contributed by atoms with Gasteiger partial charge in [0, 0.05) is 18.6 Å². The molecule has 1 unspecified atom stereocenters. The SMILES string of the molecule is Cc1ccc(C(=O)NC(CCO)C(=O)O)c(C)c1. The topological polar surface area (TPSA) is 86.6 Å². The van der Waals surface area contributed by atoms with E-state index in [0.29, 0.717) is 5.56 Å². The molecule has 5 heteroatoms. The van der Waals surface area contributed by atoms with Gasteiger partial charge in [-0.1, -0.05) is 17.7 Å². The minimum absolute atomic E-state index is 0.00795. The van der Waals surface area contributed by atoms with E-state index in [1.54, 1.807) is 19.1 Å². The summed E-state index contributed by atoms with van der Waals surface area (Å²) in [5.74, 6) is -1.59. The van der Waals surface area contributed by atoms with Gasteiger partial charge in [0.1, 0.15) is 6.04 Å². The predicted octanol–water partition coefficient (Wildman–Crippen LogP) is 0.869. The molecule has 5 nitrogen and oxygen atoms in total. The van der Waals surface area contributed by atoms with Crippen molar-refractivity contribution in [2.45, 2.75) is 26.3 Å². The number of carboxylic acid groups (broad SMARTS) is 1. The molecule has 0 spiro atoms. The van der Waals surface area contributed by atoms with Crippen LogP contribution in [0.1, 0.15) is 27.9 Å². The Labute approximate surface area is 105 Å². The molecule has 0 heterocycles. The lowest BCUT2D eigenvalue weighted by atomic mass is 10.0. The predicted molar refractivity (Wildman–Crippen MR) is 66.5 cm³/mol. The lowest BCUT2D eigenvalue weighted by Crippen LogP contribution is -2.41. The Hall–Kier alpha value is -1.88. The van der Waals surface area contributed by atoms with Crippen molar-refractivity contribution in [2.24, 2.45) is 0 Å². The fourth-order valence-electron chi connectivity index (χ4n) is 1.69. The van der Waals surface area contributed by atoms with Crippen molar-refractivity contribution in [1.29, 1.82) is 0 Å². The zero-order valence-electron chi connectivity index (χ0n) is 10.4. The van der Waals surface area contributed by atoms with Crippen LogP contribution in [-0.2, 0) is 4.79 Å². The maximum Gasteiger partial charge on any atom is 0.326 e. The van der Waals surface area contributed by atoms with Crippen LogP contribution in [0.3, 0.4) is 0 Å². The molecule has 0 saturated heterocycles. The number of aliphatic carboxylic acids is 1. The first kappa shape index (κ1) is 14.2. The smallest absolute Gasteiger partial charge is 0.326 e. The maximum atomic E-state index is 11.9. The Balaban J connectivity index is 2.83. The van der Waals surface area contributed by atoms with Crippen LogP contribution in [0, 0.1) is 13.8 Å². The number of amides is 1. The van der Waals surface area contributed by atoms with Crippen molar-refractivity contribution < 1.29 is 19.8 Å². The molecule has 18 heavy (non-hydrogen) atoms. The third kappa shape index (κ3) is 3.56. The van der Waals surface area contributed by atoms with Gasteiger partial charge in [-0.15, -0.1) is 0 Å². The number of nitrogens with one attached hydrogen (secondary N) is 1. The number of aryl methyl sites for hydroxylation is 2. The molecule has 1 amide bonds. The summed E-state index contributed by atoms with van der Waals surface area (Å²) >= 11 is 0. The second-order valence-corrected chi connectivity index (χ2v) is 4.19. The third-order valence-electron chi connectivity index (χ3n) is 2.65. The van der Waals surface area contributed by atoms with Gasteiger partial charge in [-0.2, -0.15) is 0 Å². The van der Waals surface area contributed by atoms with Crippen LogP contribution >= 0.6 is 0 Å². The number of carbonyl (C=O) groups excluding carboxylic acids is 1. The van der Waals surface area contributed by atoms with Gasteiger partial charge in [0.2, 0.25) is 0 Å². The molecule has 0 aliphatic rings. The molecule has 0 aliphatic carbocycles. The van der Waals surface area contributed by atoms with Crippen LogP contribution in [0.2, 0.25) is 0 Å². The molecule has 98 valence electrons. The summed E-state index contributed by atoms with van der Waals surface area (Å²) in [5.41, 5.74) is 2.28. The van der Waals surface area contributed by atoms with Crippen LogP contribution in [0.25, 0.3) is 0 Å². The average molecular weight is 251 g/mol. The summed E-state index contributed by atoms with van der Waals surface area (Å²) in [4.78, 5) is 22.8. The lowest BCUT2D eigenvalue weighted by molar-refractivity contribution is -0.139. The summed E-state index contributed by atoms with van der Waals surface area (Å²) in [6.45, 7) is 3.42. The van der Waals surface area contributed by atoms with E-state index in [-0.39, 0.29) is 13.0 Å². The molecular weight excluding hydrogens is 234 g/mol. The number of hydrogen-bond acceptors (Lipinski definition) is 3. The highest BCUT2D eigenvalue weighted by atomic mass is 16.4. The molecule has 0 bridgehead atoms. The van der Waals surface area contributed by atoms with E-state index in [9.17, 15) is 9.59 Å². The minimum atomic E-state index is -1.15. The fourth-order valence-corrected chi connectivity index (χ4v) is 1.69. The monoisotopic (exact) mass is 251 g/mol. The molecule has 1 atom stereocenters. The molecule has 3 N–H and O–H groups in total. The summed E-state index contributed by atoms with van der Waals surface area (Å²) in [6, 6.07) is 4.25. The molecule has 1 aromatic rings. The fraction of sp³-hybridized carbons (Fsp3) is 0.385. The molecule has 0 radical (unpaired) electrons. The molecule has 1 rings (SSSR count). The Kier molecular flexibility index (Phi) is 4.85. The van der Waals surface area contributed by atoms with Gasteiger partial charge in [0.15, 0.2) is 0 Å². The Morgan fingerprint density at radius 1 is 1.33 bits per heavy atom. The van der Waals surface area contributed by atoms with Crippen LogP contribution in [-0.4, -0.2) is 34.7 Å². The van der Waals surface area contributed by atoms with Gasteiger partial charge in [0.05, 0.1) is 0 Å². The second-order valence-electron chi connectivity index (χ2n) is 4.19. The first-order valence-corrected chi connectivity index (χ1v) is 5.67. The molecule has 0 fully saturated rings. The maximum absolute atomic E-state index is 11.9. The number of carboxylic acids is 1. The van der Waals surface area contributed by atoms with Gasteiger partial charge >= 0.3 is 5.97 Å². The van der Waals surface area contributed by atoms with Gasteiger partial charge in [-0.25, -0.2) is 4.79 Å². The van der Waals surface area contributed by atoms with E-state index in [1.807, 2.05) is 13.0 Å². The van der Waals surface area contributed by atoms with Crippen molar-refractivity contribution in [2.75, 3.05) is 6.61 Å². The number of hydrogen-bond donors (Lipinski definition) is 3. The van der Waals surface area contributed by atoms with E-state index in [4.69, 9.17) is 10.2 Å². The summed E-state index contributed by atoms with van der Waals surface area (Å²) in [7, 11) is 0. The number of aliphatic hydroxyl groups excluding tert-OH is 1. The first-order chi connectivity index (χ1) is 8.45. The molecule has 0 saturated carbocycles. The van der Waals surface area contributed by atoms with Gasteiger partial charge < -0.3 is 15.5 Å². The summed E-state index contributed by atoms with van der Waals surface area (Å²) in [6.07, 6.45) is -0.00795.